The van der Waals surface area contributed by atoms with Crippen molar-refractivity contribution in [2.75, 3.05) is 51.3 Å². The maximum atomic E-state index is 11.7. The molecule has 1 fully saturated rings. The number of carbonyl (C=O) groups excluding carboxylic acids is 1. The van der Waals surface area contributed by atoms with Gasteiger partial charge in [0.1, 0.15) is 6.61 Å². The molecule has 0 saturated carbocycles. The number of aromatic amines is 1. The number of halogens is 1. The molecule has 2 aromatic carbocycles. The number of amides is 1. The number of hydrogen-bond acceptors (Lipinski definition) is 7. The van der Waals surface area contributed by atoms with Gasteiger partial charge in [-0.05, 0) is 34.0 Å². The Bertz CT molecular complexity index is 990. The van der Waals surface area contributed by atoms with Crippen LogP contribution in [0.3, 0.4) is 0 Å². The fraction of sp³-hybridized carbons (Fsp3) is 0.364. The molecule has 168 valence electrons. The number of carbonyl (C=O) groups is 1. The van der Waals surface area contributed by atoms with Crippen LogP contribution in [-0.4, -0.2) is 82.3 Å². The van der Waals surface area contributed by atoms with Crippen molar-refractivity contribution in [2.45, 2.75) is 6.54 Å². The molecule has 0 bridgehead atoms. The Balaban J connectivity index is 1.19. The topological polar surface area (TPSA) is 99.3 Å². The van der Waals surface area contributed by atoms with E-state index < -0.39 is 0 Å². The van der Waals surface area contributed by atoms with Crippen LogP contribution >= 0.6 is 11.6 Å². The lowest BCUT2D eigenvalue weighted by atomic mass is 9.99. The Morgan fingerprint density at radius 2 is 1.81 bits per heavy atom. The molecule has 0 aliphatic carbocycles. The van der Waals surface area contributed by atoms with Gasteiger partial charge >= 0.3 is 0 Å². The van der Waals surface area contributed by atoms with Gasteiger partial charge in [-0.15, -0.1) is 5.10 Å². The van der Waals surface area contributed by atoms with Gasteiger partial charge in [-0.2, -0.15) is 5.21 Å². The van der Waals surface area contributed by atoms with Crippen molar-refractivity contribution < 1.29 is 9.53 Å². The maximum Gasteiger partial charge on any atom is 0.269 e. The van der Waals surface area contributed by atoms with E-state index in [0.29, 0.717) is 6.61 Å². The molecule has 0 spiro atoms. The van der Waals surface area contributed by atoms with Crippen LogP contribution < -0.4 is 5.32 Å². The van der Waals surface area contributed by atoms with Crippen molar-refractivity contribution in [1.82, 2.24) is 30.4 Å². The SMILES string of the molecule is O=C(COCCN1CCN(Cc2ccccc2-c2ccc(Cl)cc2)CC1)Nc1nn[nH]n1. The standard InChI is InChI=1S/C22H26ClN7O2/c23-19-7-5-17(6-8-19)20-4-2-1-3-18(20)15-30-11-9-29(10-12-30)13-14-32-16-21(31)24-22-25-27-28-26-22/h1-8H,9-16H2,(H2,24,25,26,27,28,31). The minimum absolute atomic E-state index is 0.0318. The van der Waals surface area contributed by atoms with Gasteiger partial charge in [0.15, 0.2) is 0 Å². The lowest BCUT2D eigenvalue weighted by Crippen LogP contribution is -2.46. The van der Waals surface area contributed by atoms with E-state index in [-0.39, 0.29) is 18.5 Å². The third-order valence-corrected chi connectivity index (χ3v) is 5.67. The highest BCUT2D eigenvalue weighted by Gasteiger charge is 2.18. The third-order valence-electron chi connectivity index (χ3n) is 5.41. The quantitative estimate of drug-likeness (QED) is 0.477. The van der Waals surface area contributed by atoms with Crippen LogP contribution in [0.2, 0.25) is 5.02 Å². The Hall–Kier alpha value is -2.85. The molecule has 1 amide bonds. The number of benzene rings is 2. The first kappa shape index (κ1) is 22.3. The number of tetrazole rings is 1. The summed E-state index contributed by atoms with van der Waals surface area (Å²) in [6, 6.07) is 16.5. The van der Waals surface area contributed by atoms with E-state index in [1.54, 1.807) is 0 Å². The number of piperazine rings is 1. The molecule has 0 unspecified atom stereocenters. The summed E-state index contributed by atoms with van der Waals surface area (Å²) in [6.07, 6.45) is 0. The average molecular weight is 456 g/mol. The van der Waals surface area contributed by atoms with Gasteiger partial charge in [0.25, 0.3) is 11.9 Å². The van der Waals surface area contributed by atoms with E-state index in [4.69, 9.17) is 16.3 Å². The van der Waals surface area contributed by atoms with Crippen LogP contribution in [0.15, 0.2) is 48.5 Å². The summed E-state index contributed by atoms with van der Waals surface area (Å²) in [4.78, 5) is 16.6. The molecule has 1 saturated heterocycles. The highest BCUT2D eigenvalue weighted by atomic mass is 35.5. The third kappa shape index (κ3) is 6.33. The Labute approximate surface area is 191 Å². The zero-order chi connectivity index (χ0) is 22.2. The zero-order valence-corrected chi connectivity index (χ0v) is 18.5. The summed E-state index contributed by atoms with van der Waals surface area (Å²) >= 11 is 6.05. The van der Waals surface area contributed by atoms with Gasteiger partial charge in [-0.1, -0.05) is 53.1 Å². The first-order valence-corrected chi connectivity index (χ1v) is 10.9. The molecule has 0 atom stereocenters. The number of H-pyrrole nitrogens is 1. The average Bonchev–Trinajstić information content (AvgIpc) is 3.32. The molecule has 1 aromatic heterocycles. The molecule has 3 aromatic rings. The number of hydrogen-bond donors (Lipinski definition) is 2. The van der Waals surface area contributed by atoms with Crippen molar-refractivity contribution in [2.24, 2.45) is 0 Å². The number of rotatable bonds is 9. The van der Waals surface area contributed by atoms with Crippen molar-refractivity contribution in [3.05, 3.63) is 59.1 Å². The van der Waals surface area contributed by atoms with Crippen LogP contribution in [0.4, 0.5) is 5.95 Å². The van der Waals surface area contributed by atoms with E-state index >= 15 is 0 Å². The van der Waals surface area contributed by atoms with Crippen LogP contribution in [0, 0.1) is 0 Å². The van der Waals surface area contributed by atoms with E-state index in [1.807, 2.05) is 12.1 Å². The van der Waals surface area contributed by atoms with Gasteiger partial charge < -0.3 is 4.74 Å². The Morgan fingerprint density at radius 3 is 2.56 bits per heavy atom. The molecule has 2 N–H and O–H groups in total. The molecule has 1 aliphatic heterocycles. The van der Waals surface area contributed by atoms with Crippen LogP contribution in [0.1, 0.15) is 5.56 Å². The number of ether oxygens (including phenoxy) is 1. The minimum Gasteiger partial charge on any atom is -0.370 e. The zero-order valence-electron chi connectivity index (χ0n) is 17.7. The van der Waals surface area contributed by atoms with Gasteiger partial charge in [0, 0.05) is 44.3 Å². The minimum atomic E-state index is -0.296. The van der Waals surface area contributed by atoms with Crippen LogP contribution in [0.5, 0.6) is 0 Å². The lowest BCUT2D eigenvalue weighted by molar-refractivity contribution is -0.120. The molecule has 1 aliphatic rings. The normalized spacial score (nSPS) is 15.0. The summed E-state index contributed by atoms with van der Waals surface area (Å²) < 4.78 is 5.48. The van der Waals surface area contributed by atoms with Gasteiger partial charge in [0.2, 0.25) is 0 Å². The maximum absolute atomic E-state index is 11.7. The van der Waals surface area contributed by atoms with E-state index in [0.717, 1.165) is 44.3 Å². The molecule has 2 heterocycles. The predicted octanol–water partition coefficient (Wildman–Crippen LogP) is 2.29. The summed E-state index contributed by atoms with van der Waals surface area (Å²) in [5.74, 6) is -0.150. The smallest absolute Gasteiger partial charge is 0.269 e. The number of aromatic nitrogens is 4. The van der Waals surface area contributed by atoms with Crippen molar-refractivity contribution in [1.29, 1.82) is 0 Å². The molecule has 32 heavy (non-hydrogen) atoms. The van der Waals surface area contributed by atoms with E-state index in [2.05, 4.69) is 72.1 Å². The second-order valence-corrected chi connectivity index (χ2v) is 8.05. The lowest BCUT2D eigenvalue weighted by Gasteiger charge is -2.35. The highest BCUT2D eigenvalue weighted by Crippen LogP contribution is 2.26. The van der Waals surface area contributed by atoms with Gasteiger partial charge in [-0.3, -0.25) is 19.9 Å². The van der Waals surface area contributed by atoms with Crippen LogP contribution in [0.25, 0.3) is 11.1 Å². The van der Waals surface area contributed by atoms with Gasteiger partial charge in [0.05, 0.1) is 6.61 Å². The number of nitrogens with one attached hydrogen (secondary N) is 2. The monoisotopic (exact) mass is 455 g/mol. The molecule has 9 nitrogen and oxygen atoms in total. The second kappa shape index (κ2) is 11.1. The van der Waals surface area contributed by atoms with E-state index in [9.17, 15) is 4.79 Å². The number of nitrogens with zero attached hydrogens (tertiary/aromatic N) is 5. The largest absolute Gasteiger partial charge is 0.370 e. The van der Waals surface area contributed by atoms with Crippen molar-refractivity contribution in [3.8, 4) is 11.1 Å². The molecule has 4 rings (SSSR count). The molecule has 10 heteroatoms. The summed E-state index contributed by atoms with van der Waals surface area (Å²) in [7, 11) is 0. The van der Waals surface area contributed by atoms with Gasteiger partial charge in [-0.25, -0.2) is 0 Å². The molecular formula is C22H26ClN7O2. The first-order chi connectivity index (χ1) is 15.7. The Kier molecular flexibility index (Phi) is 7.78. The van der Waals surface area contributed by atoms with Crippen molar-refractivity contribution >= 4 is 23.5 Å². The fourth-order valence-corrected chi connectivity index (χ4v) is 3.84. The fourth-order valence-electron chi connectivity index (χ4n) is 3.72. The Morgan fingerprint density at radius 1 is 1.06 bits per heavy atom. The summed E-state index contributed by atoms with van der Waals surface area (Å²) in [5, 5.41) is 16.2. The number of anilines is 1. The first-order valence-electron chi connectivity index (χ1n) is 10.6. The summed E-state index contributed by atoms with van der Waals surface area (Å²) in [5.41, 5.74) is 3.75. The van der Waals surface area contributed by atoms with Crippen molar-refractivity contribution in [3.63, 3.8) is 0 Å². The van der Waals surface area contributed by atoms with E-state index in [1.165, 1.54) is 16.7 Å². The molecule has 0 radical (unpaired) electrons. The predicted molar refractivity (Wildman–Crippen MR) is 122 cm³/mol. The second-order valence-electron chi connectivity index (χ2n) is 7.62. The highest BCUT2D eigenvalue weighted by molar-refractivity contribution is 6.30. The summed E-state index contributed by atoms with van der Waals surface area (Å²) in [6.45, 7) is 6.11. The van der Waals surface area contributed by atoms with Crippen LogP contribution in [-0.2, 0) is 16.1 Å². The molecular weight excluding hydrogens is 430 g/mol.